The Balaban J connectivity index is 1.55. The molecule has 0 aromatic carbocycles. The van der Waals surface area contributed by atoms with Gasteiger partial charge in [0.25, 0.3) is 0 Å². The predicted octanol–water partition coefficient (Wildman–Crippen LogP) is 6.37. The van der Waals surface area contributed by atoms with Gasteiger partial charge in [0.15, 0.2) is 5.65 Å². The predicted molar refractivity (Wildman–Crippen MR) is 136 cm³/mol. The average Bonchev–Trinajstić information content (AvgIpc) is 3.23. The third-order valence-corrected chi connectivity index (χ3v) is 7.38. The zero-order valence-corrected chi connectivity index (χ0v) is 23.1. The van der Waals surface area contributed by atoms with Crippen molar-refractivity contribution < 1.29 is 40.7 Å². The fraction of sp³-hybridized carbons (Fsp3) is 0.704. The molecule has 2 aliphatic rings. The van der Waals surface area contributed by atoms with Crippen molar-refractivity contribution in [2.24, 2.45) is 11.8 Å². The second-order valence-corrected chi connectivity index (χ2v) is 12.2. The number of imidazole rings is 1. The Morgan fingerprint density at radius 1 is 1.10 bits per heavy atom. The van der Waals surface area contributed by atoms with Gasteiger partial charge in [0.1, 0.15) is 5.60 Å². The first-order chi connectivity index (χ1) is 19.0. The molecule has 41 heavy (non-hydrogen) atoms. The first-order valence-electron chi connectivity index (χ1n) is 13.7. The number of halogens is 6. The summed E-state index contributed by atoms with van der Waals surface area (Å²) in [5.74, 6) is -7.07. The highest BCUT2D eigenvalue weighted by molar-refractivity contribution is 5.77. The van der Waals surface area contributed by atoms with E-state index < -0.39 is 73.1 Å². The molecule has 0 unspecified atom stereocenters. The maximum absolute atomic E-state index is 13.9. The van der Waals surface area contributed by atoms with Gasteiger partial charge in [-0.2, -0.15) is 5.10 Å². The summed E-state index contributed by atoms with van der Waals surface area (Å²) in [6.45, 7) is 5.07. The molecule has 2 amide bonds. The van der Waals surface area contributed by atoms with E-state index in [1.54, 1.807) is 20.8 Å². The lowest BCUT2D eigenvalue weighted by atomic mass is 9.79. The van der Waals surface area contributed by atoms with Crippen LogP contribution in [0.3, 0.4) is 0 Å². The molecular weight excluding hydrogens is 556 g/mol. The molecule has 14 heteroatoms. The number of carbonyl (C=O) groups excluding carboxylic acids is 2. The molecule has 2 saturated carbocycles. The van der Waals surface area contributed by atoms with E-state index >= 15 is 0 Å². The van der Waals surface area contributed by atoms with Gasteiger partial charge in [-0.05, 0) is 57.1 Å². The third-order valence-electron chi connectivity index (χ3n) is 7.38. The Morgan fingerprint density at radius 2 is 1.76 bits per heavy atom. The number of hydrogen-bond acceptors (Lipinski definition) is 5. The Bertz CT molecular complexity index is 1230. The van der Waals surface area contributed by atoms with Gasteiger partial charge in [-0.25, -0.2) is 40.6 Å². The summed E-state index contributed by atoms with van der Waals surface area (Å²) in [4.78, 5) is 29.6. The number of fused-ring (bicyclic) bond motifs is 1. The van der Waals surface area contributed by atoms with Crippen LogP contribution < -0.4 is 10.6 Å². The van der Waals surface area contributed by atoms with Crippen LogP contribution in [0, 0.1) is 11.8 Å². The summed E-state index contributed by atoms with van der Waals surface area (Å²) in [5.41, 5.74) is -0.0122. The van der Waals surface area contributed by atoms with E-state index in [-0.39, 0.29) is 49.2 Å². The summed E-state index contributed by atoms with van der Waals surface area (Å²) in [7, 11) is 0. The van der Waals surface area contributed by atoms with Crippen LogP contribution >= 0.6 is 0 Å². The van der Waals surface area contributed by atoms with Crippen LogP contribution in [0.15, 0.2) is 18.5 Å². The number of carbonyl (C=O) groups is 2. The molecule has 0 radical (unpaired) electrons. The lowest BCUT2D eigenvalue weighted by Gasteiger charge is -2.34. The fourth-order valence-electron chi connectivity index (χ4n) is 5.42. The van der Waals surface area contributed by atoms with Crippen LogP contribution in [-0.4, -0.2) is 50.5 Å². The normalized spacial score (nSPS) is 20.8. The Morgan fingerprint density at radius 3 is 2.34 bits per heavy atom. The number of nitrogens with zero attached hydrogens (tertiary/aromatic N) is 3. The Labute approximate surface area is 233 Å². The highest BCUT2D eigenvalue weighted by Gasteiger charge is 2.46. The van der Waals surface area contributed by atoms with Gasteiger partial charge < -0.3 is 15.4 Å². The number of alkyl carbamates (subject to hydrolysis) is 1. The summed E-state index contributed by atoms with van der Waals surface area (Å²) >= 11 is 0. The van der Waals surface area contributed by atoms with Crippen molar-refractivity contribution in [1.29, 1.82) is 0 Å². The summed E-state index contributed by atoms with van der Waals surface area (Å²) in [6, 6.07) is -0.457. The van der Waals surface area contributed by atoms with E-state index in [1.165, 1.54) is 23.0 Å². The van der Waals surface area contributed by atoms with E-state index in [0.717, 1.165) is 0 Å². The molecule has 2 aromatic heterocycles. The number of aromatic nitrogens is 3. The van der Waals surface area contributed by atoms with Crippen molar-refractivity contribution in [1.82, 2.24) is 25.2 Å². The molecule has 2 N–H and O–H groups in total. The summed E-state index contributed by atoms with van der Waals surface area (Å²) < 4.78 is 87.5. The maximum atomic E-state index is 13.9. The van der Waals surface area contributed by atoms with Gasteiger partial charge in [-0.3, -0.25) is 4.79 Å². The molecule has 0 spiro atoms. The largest absolute Gasteiger partial charge is 0.444 e. The van der Waals surface area contributed by atoms with Crippen molar-refractivity contribution in [2.45, 2.75) is 108 Å². The van der Waals surface area contributed by atoms with Crippen LogP contribution in [0.4, 0.5) is 31.1 Å². The standard InChI is InChI=1S/C27H35F6N5O3/c1-25(2,3)41-24(40)37-23(16-4-6-26(30,31)7-5-16)19-14-38-21(35-19)9-17(13-34-38)18(10-20(28)29)36-22(39)8-15-11-27(32,33)12-15/h9,13-16,18,20,23H,4-8,10-12H2,1-3H3,(H,36,39)(H,37,40)/t18-,23+/m1/s1. The maximum Gasteiger partial charge on any atom is 0.408 e. The smallest absolute Gasteiger partial charge is 0.408 e. The minimum atomic E-state index is -2.80. The lowest BCUT2D eigenvalue weighted by molar-refractivity contribution is -0.134. The molecule has 2 atom stereocenters. The molecule has 228 valence electrons. The van der Waals surface area contributed by atoms with Crippen LogP contribution in [0.2, 0.25) is 0 Å². The van der Waals surface area contributed by atoms with Crippen LogP contribution in [0.1, 0.15) is 95.5 Å². The van der Waals surface area contributed by atoms with Crippen molar-refractivity contribution >= 4 is 17.6 Å². The molecule has 8 nitrogen and oxygen atoms in total. The van der Waals surface area contributed by atoms with Gasteiger partial charge >= 0.3 is 6.09 Å². The zero-order valence-electron chi connectivity index (χ0n) is 23.1. The highest BCUT2D eigenvalue weighted by atomic mass is 19.3. The Kier molecular flexibility index (Phi) is 8.79. The number of nitrogens with one attached hydrogen (secondary N) is 2. The molecule has 2 aliphatic carbocycles. The fourth-order valence-corrected chi connectivity index (χ4v) is 5.42. The zero-order chi connectivity index (χ0) is 30.2. The number of hydrogen-bond donors (Lipinski definition) is 2. The van der Waals surface area contributed by atoms with Crippen molar-refractivity contribution in [3.8, 4) is 0 Å². The van der Waals surface area contributed by atoms with Crippen LogP contribution in [0.25, 0.3) is 5.65 Å². The number of ether oxygens (including phenoxy) is 1. The SMILES string of the molecule is CC(C)(C)OC(=O)N[C@H](c1cn2ncc([C@@H](CC(F)F)NC(=O)CC3CC(F)(F)C3)cc2n1)C1CCC(F)(F)CC1. The summed E-state index contributed by atoms with van der Waals surface area (Å²) in [5, 5.41) is 9.49. The number of rotatable bonds is 9. The quantitative estimate of drug-likeness (QED) is 0.331. The van der Waals surface area contributed by atoms with Crippen LogP contribution in [0.5, 0.6) is 0 Å². The monoisotopic (exact) mass is 591 g/mol. The van der Waals surface area contributed by atoms with E-state index in [9.17, 15) is 35.9 Å². The minimum Gasteiger partial charge on any atom is -0.444 e. The molecule has 0 saturated heterocycles. The van der Waals surface area contributed by atoms with Crippen LogP contribution in [-0.2, 0) is 9.53 Å². The molecule has 0 aliphatic heterocycles. The van der Waals surface area contributed by atoms with Gasteiger partial charge in [0, 0.05) is 38.5 Å². The third kappa shape index (κ3) is 8.48. The molecule has 0 bridgehead atoms. The Hall–Kier alpha value is -3.06. The average molecular weight is 592 g/mol. The molecule has 2 heterocycles. The highest BCUT2D eigenvalue weighted by Crippen LogP contribution is 2.44. The second-order valence-electron chi connectivity index (χ2n) is 12.2. The van der Waals surface area contributed by atoms with Gasteiger partial charge in [-0.1, -0.05) is 0 Å². The first kappa shape index (κ1) is 30.9. The van der Waals surface area contributed by atoms with E-state index in [2.05, 4.69) is 20.7 Å². The summed E-state index contributed by atoms with van der Waals surface area (Å²) in [6.07, 6.45) is -2.87. The van der Waals surface area contributed by atoms with Crippen molar-refractivity contribution in [3.63, 3.8) is 0 Å². The number of amides is 2. The van der Waals surface area contributed by atoms with E-state index in [4.69, 9.17) is 4.74 Å². The lowest BCUT2D eigenvalue weighted by Crippen LogP contribution is -2.40. The van der Waals surface area contributed by atoms with Gasteiger partial charge in [0.05, 0.1) is 30.2 Å². The van der Waals surface area contributed by atoms with Gasteiger partial charge in [-0.15, -0.1) is 0 Å². The topological polar surface area (TPSA) is 97.6 Å². The molecular formula is C27H35F6N5O3. The number of alkyl halides is 6. The van der Waals surface area contributed by atoms with Gasteiger partial charge in [0.2, 0.25) is 24.2 Å². The molecule has 2 fully saturated rings. The van der Waals surface area contributed by atoms with Crippen molar-refractivity contribution in [2.75, 3.05) is 0 Å². The molecule has 4 rings (SSSR count). The minimum absolute atomic E-state index is 0.134. The molecule has 2 aromatic rings. The van der Waals surface area contributed by atoms with Crippen molar-refractivity contribution in [3.05, 3.63) is 29.7 Å². The first-order valence-corrected chi connectivity index (χ1v) is 13.7. The second kappa shape index (κ2) is 11.7. The van der Waals surface area contributed by atoms with E-state index in [1.807, 2.05) is 0 Å². The van der Waals surface area contributed by atoms with E-state index in [0.29, 0.717) is 5.69 Å².